The average molecular weight is 351 g/mol. The van der Waals surface area contributed by atoms with Crippen molar-refractivity contribution in [3.05, 3.63) is 61.2 Å². The highest BCUT2D eigenvalue weighted by Gasteiger charge is 2.34. The lowest BCUT2D eigenvalue weighted by molar-refractivity contribution is 0.0845. The Hall–Kier alpha value is -2.09. The zero-order valence-electron chi connectivity index (χ0n) is 17.6. The molecule has 1 atom stereocenters. The van der Waals surface area contributed by atoms with Gasteiger partial charge in [-0.3, -0.25) is 4.79 Å². The van der Waals surface area contributed by atoms with Crippen LogP contribution in [-0.2, 0) is 0 Å². The molecule has 0 aromatic heterocycles. The molecule has 138 valence electrons. The van der Waals surface area contributed by atoms with Crippen molar-refractivity contribution in [2.24, 2.45) is 0 Å². The SMILES string of the molecule is Cc1c(C)c(C)c(C2CC(=O)c3c(C)c(C)c(C)c(C)c3O2)c(C)c1C. The Labute approximate surface area is 157 Å². The molecule has 2 heteroatoms. The zero-order chi connectivity index (χ0) is 19.5. The van der Waals surface area contributed by atoms with E-state index in [2.05, 4.69) is 55.4 Å². The van der Waals surface area contributed by atoms with Crippen molar-refractivity contribution in [3.8, 4) is 5.75 Å². The van der Waals surface area contributed by atoms with Crippen molar-refractivity contribution >= 4 is 5.78 Å². The summed E-state index contributed by atoms with van der Waals surface area (Å²) in [7, 11) is 0. The van der Waals surface area contributed by atoms with Crippen molar-refractivity contribution in [1.82, 2.24) is 0 Å². The van der Waals surface area contributed by atoms with Crippen LogP contribution in [0.2, 0.25) is 0 Å². The van der Waals surface area contributed by atoms with Gasteiger partial charge in [-0.2, -0.15) is 0 Å². The maximum atomic E-state index is 13.1. The number of carbonyl (C=O) groups excluding carboxylic acids is 1. The first-order valence-corrected chi connectivity index (χ1v) is 9.44. The van der Waals surface area contributed by atoms with E-state index in [-0.39, 0.29) is 11.9 Å². The van der Waals surface area contributed by atoms with Gasteiger partial charge in [0.1, 0.15) is 11.9 Å². The molecule has 2 nitrogen and oxygen atoms in total. The third-order valence-corrected chi connectivity index (χ3v) is 6.92. The number of fused-ring (bicyclic) bond motifs is 1. The van der Waals surface area contributed by atoms with Crippen LogP contribution in [0.5, 0.6) is 5.75 Å². The maximum Gasteiger partial charge on any atom is 0.170 e. The van der Waals surface area contributed by atoms with Gasteiger partial charge in [0.2, 0.25) is 0 Å². The molecule has 0 saturated heterocycles. The molecule has 2 aromatic carbocycles. The summed E-state index contributed by atoms with van der Waals surface area (Å²) in [6.07, 6.45) is 0.215. The van der Waals surface area contributed by atoms with Crippen LogP contribution in [0, 0.1) is 62.3 Å². The second-order valence-corrected chi connectivity index (χ2v) is 7.98. The topological polar surface area (TPSA) is 26.3 Å². The molecule has 0 radical (unpaired) electrons. The van der Waals surface area contributed by atoms with E-state index < -0.39 is 0 Å². The van der Waals surface area contributed by atoms with E-state index in [1.54, 1.807) is 0 Å². The summed E-state index contributed by atoms with van der Waals surface area (Å²) in [5.41, 5.74) is 13.0. The van der Waals surface area contributed by atoms with Crippen molar-refractivity contribution < 1.29 is 9.53 Å². The first kappa shape index (κ1) is 18.7. The lowest BCUT2D eigenvalue weighted by Crippen LogP contribution is -2.25. The van der Waals surface area contributed by atoms with Gasteiger partial charge in [-0.05, 0) is 118 Å². The monoisotopic (exact) mass is 350 g/mol. The van der Waals surface area contributed by atoms with E-state index in [4.69, 9.17) is 4.74 Å². The van der Waals surface area contributed by atoms with Crippen molar-refractivity contribution in [3.63, 3.8) is 0 Å². The average Bonchev–Trinajstić information content (AvgIpc) is 2.61. The Balaban J connectivity index is 2.22. The molecular weight excluding hydrogens is 320 g/mol. The summed E-state index contributed by atoms with van der Waals surface area (Å²) in [4.78, 5) is 13.1. The number of hydrogen-bond donors (Lipinski definition) is 0. The first-order valence-electron chi connectivity index (χ1n) is 9.44. The Morgan fingerprint density at radius 2 is 1.04 bits per heavy atom. The summed E-state index contributed by atoms with van der Waals surface area (Å²) >= 11 is 0. The summed E-state index contributed by atoms with van der Waals surface area (Å²) in [6, 6.07) is 0. The number of benzene rings is 2. The molecule has 3 rings (SSSR count). The molecule has 1 heterocycles. The fourth-order valence-electron chi connectivity index (χ4n) is 4.39. The van der Waals surface area contributed by atoms with Gasteiger partial charge in [0.05, 0.1) is 12.0 Å². The number of rotatable bonds is 1. The Kier molecular flexibility index (Phi) is 4.50. The van der Waals surface area contributed by atoms with Crippen LogP contribution >= 0.6 is 0 Å². The predicted molar refractivity (Wildman–Crippen MR) is 108 cm³/mol. The molecule has 0 amide bonds. The quantitative estimate of drug-likeness (QED) is 0.615. The minimum absolute atomic E-state index is 0.201. The fourth-order valence-corrected chi connectivity index (χ4v) is 4.39. The third-order valence-electron chi connectivity index (χ3n) is 6.92. The van der Waals surface area contributed by atoms with Gasteiger partial charge in [-0.25, -0.2) is 0 Å². The Morgan fingerprint density at radius 3 is 1.58 bits per heavy atom. The number of hydrogen-bond acceptors (Lipinski definition) is 2. The van der Waals surface area contributed by atoms with E-state index in [1.165, 1.54) is 44.5 Å². The first-order chi connectivity index (χ1) is 12.1. The van der Waals surface area contributed by atoms with E-state index in [0.29, 0.717) is 6.42 Å². The number of carbonyl (C=O) groups is 1. The van der Waals surface area contributed by atoms with Crippen molar-refractivity contribution in [1.29, 1.82) is 0 Å². The standard InChI is InChI=1S/C24H30O2/c1-11-12(2)16(6)22(17(7)13(11)3)21-10-20(25)23-18(8)14(4)15(5)19(9)24(23)26-21/h21H,10H2,1-9H3. The van der Waals surface area contributed by atoms with Gasteiger partial charge in [-0.15, -0.1) is 0 Å². The van der Waals surface area contributed by atoms with E-state index in [0.717, 1.165) is 22.4 Å². The smallest absolute Gasteiger partial charge is 0.170 e. The van der Waals surface area contributed by atoms with Gasteiger partial charge in [0, 0.05) is 0 Å². The van der Waals surface area contributed by atoms with Crippen molar-refractivity contribution in [2.75, 3.05) is 0 Å². The van der Waals surface area contributed by atoms with Crippen LogP contribution in [0.15, 0.2) is 0 Å². The Morgan fingerprint density at radius 1 is 0.615 bits per heavy atom. The van der Waals surface area contributed by atoms with Crippen LogP contribution in [0.4, 0.5) is 0 Å². The van der Waals surface area contributed by atoms with E-state index in [9.17, 15) is 4.79 Å². The van der Waals surface area contributed by atoms with Crippen LogP contribution < -0.4 is 4.74 Å². The van der Waals surface area contributed by atoms with E-state index >= 15 is 0 Å². The molecule has 26 heavy (non-hydrogen) atoms. The maximum absolute atomic E-state index is 13.1. The van der Waals surface area contributed by atoms with Crippen LogP contribution in [0.1, 0.15) is 78.5 Å². The molecule has 2 aromatic rings. The normalized spacial score (nSPS) is 16.5. The van der Waals surface area contributed by atoms with E-state index in [1.807, 2.05) is 6.92 Å². The molecule has 1 aliphatic heterocycles. The Bertz CT molecular complexity index is 919. The number of ether oxygens (including phenoxy) is 1. The molecule has 1 unspecified atom stereocenters. The van der Waals surface area contributed by atoms with Crippen LogP contribution in [0.3, 0.4) is 0 Å². The molecule has 0 N–H and O–H groups in total. The number of Topliss-reactive ketones (excluding diaryl/α,β-unsaturated/α-hetero) is 1. The third kappa shape index (κ3) is 2.50. The molecule has 1 aliphatic rings. The van der Waals surface area contributed by atoms with Crippen molar-refractivity contribution in [2.45, 2.75) is 74.8 Å². The van der Waals surface area contributed by atoms with Gasteiger partial charge < -0.3 is 4.74 Å². The second kappa shape index (κ2) is 6.26. The molecule has 0 fully saturated rings. The van der Waals surface area contributed by atoms with Gasteiger partial charge in [0.25, 0.3) is 0 Å². The fraction of sp³-hybridized carbons (Fsp3) is 0.458. The summed E-state index contributed by atoms with van der Waals surface area (Å²) < 4.78 is 6.53. The largest absolute Gasteiger partial charge is 0.484 e. The highest BCUT2D eigenvalue weighted by atomic mass is 16.5. The predicted octanol–water partition coefficient (Wildman–Crippen LogP) is 6.17. The minimum Gasteiger partial charge on any atom is -0.484 e. The highest BCUT2D eigenvalue weighted by Crippen LogP contribution is 2.43. The molecule has 0 saturated carbocycles. The van der Waals surface area contributed by atoms with Gasteiger partial charge in [0.15, 0.2) is 5.78 Å². The lowest BCUT2D eigenvalue weighted by atomic mass is 9.82. The second-order valence-electron chi connectivity index (χ2n) is 7.98. The molecule has 0 aliphatic carbocycles. The zero-order valence-corrected chi connectivity index (χ0v) is 17.6. The molecule has 0 bridgehead atoms. The van der Waals surface area contributed by atoms with Gasteiger partial charge in [-0.1, -0.05) is 0 Å². The van der Waals surface area contributed by atoms with Crippen LogP contribution in [0.25, 0.3) is 0 Å². The van der Waals surface area contributed by atoms with Gasteiger partial charge >= 0.3 is 0 Å². The highest BCUT2D eigenvalue weighted by molar-refractivity contribution is 6.02. The summed E-state index contributed by atoms with van der Waals surface area (Å²) in [5.74, 6) is 0.996. The number of ketones is 1. The molecule has 0 spiro atoms. The van der Waals surface area contributed by atoms with Crippen LogP contribution in [-0.4, -0.2) is 5.78 Å². The minimum atomic E-state index is -0.201. The summed E-state index contributed by atoms with van der Waals surface area (Å²) in [5, 5.41) is 0. The summed E-state index contributed by atoms with van der Waals surface area (Å²) in [6.45, 7) is 19.2. The molecular formula is C24H30O2. The lowest BCUT2D eigenvalue weighted by Gasteiger charge is -2.32.